The van der Waals surface area contributed by atoms with Gasteiger partial charge in [-0.2, -0.15) is 0 Å². The lowest BCUT2D eigenvalue weighted by atomic mass is 10.0. The van der Waals surface area contributed by atoms with Crippen LogP contribution in [0.1, 0.15) is 17.5 Å². The molecule has 24 heavy (non-hydrogen) atoms. The number of ether oxygens (including phenoxy) is 1. The lowest BCUT2D eigenvalue weighted by Crippen LogP contribution is -2.39. The summed E-state index contributed by atoms with van der Waals surface area (Å²) in [4.78, 5) is 12.0. The molecule has 1 aliphatic heterocycles. The fourth-order valence-electron chi connectivity index (χ4n) is 2.80. The topological polar surface area (TPSA) is 50.4 Å². The maximum atomic E-state index is 12.0. The van der Waals surface area contributed by atoms with Gasteiger partial charge in [-0.15, -0.1) is 12.4 Å². The van der Waals surface area contributed by atoms with Crippen molar-refractivity contribution in [2.45, 2.75) is 18.9 Å². The third-order valence-electron chi connectivity index (χ3n) is 3.99. The zero-order valence-corrected chi connectivity index (χ0v) is 14.4. The molecule has 1 saturated heterocycles. The van der Waals surface area contributed by atoms with Gasteiger partial charge < -0.3 is 15.4 Å². The van der Waals surface area contributed by atoms with Gasteiger partial charge in [-0.1, -0.05) is 48.5 Å². The molecule has 0 aliphatic carbocycles. The highest BCUT2D eigenvalue weighted by Crippen LogP contribution is 2.21. The Morgan fingerprint density at radius 3 is 2.62 bits per heavy atom. The van der Waals surface area contributed by atoms with Crippen LogP contribution in [-0.2, 0) is 11.2 Å². The molecule has 0 aromatic heterocycles. The first-order valence-corrected chi connectivity index (χ1v) is 8.06. The largest absolute Gasteiger partial charge is 0.483 e. The van der Waals surface area contributed by atoms with E-state index in [9.17, 15) is 4.79 Å². The molecule has 2 N–H and O–H groups in total. The minimum atomic E-state index is -0.0618. The van der Waals surface area contributed by atoms with Crippen LogP contribution in [0.15, 0.2) is 54.6 Å². The van der Waals surface area contributed by atoms with Crippen LogP contribution in [0.4, 0.5) is 0 Å². The van der Waals surface area contributed by atoms with Crippen molar-refractivity contribution in [3.05, 3.63) is 65.7 Å². The Balaban J connectivity index is 0.00000208. The molecule has 0 bridgehead atoms. The smallest absolute Gasteiger partial charge is 0.258 e. The van der Waals surface area contributed by atoms with E-state index in [-0.39, 0.29) is 31.0 Å². The van der Waals surface area contributed by atoms with Gasteiger partial charge in [-0.25, -0.2) is 0 Å². The van der Waals surface area contributed by atoms with E-state index in [0.29, 0.717) is 0 Å². The summed E-state index contributed by atoms with van der Waals surface area (Å²) in [6.07, 6.45) is 1.78. The van der Waals surface area contributed by atoms with Crippen molar-refractivity contribution in [1.82, 2.24) is 10.6 Å². The van der Waals surface area contributed by atoms with Crippen LogP contribution in [0.25, 0.3) is 0 Å². The van der Waals surface area contributed by atoms with Crippen LogP contribution < -0.4 is 15.4 Å². The quantitative estimate of drug-likeness (QED) is 0.845. The van der Waals surface area contributed by atoms with Gasteiger partial charge in [0.15, 0.2) is 6.61 Å². The standard InChI is InChI=1S/C19H22N2O2.ClH/c22-19(21-17-10-11-20-13-17)14-23-18-9-5-4-8-16(18)12-15-6-2-1-3-7-15;/h1-9,17,20H,10-14H2,(H,21,22);1H. The van der Waals surface area contributed by atoms with Crippen molar-refractivity contribution in [2.24, 2.45) is 0 Å². The summed E-state index contributed by atoms with van der Waals surface area (Å²) in [5, 5.41) is 6.22. The minimum absolute atomic E-state index is 0. The van der Waals surface area contributed by atoms with Crippen molar-refractivity contribution in [1.29, 1.82) is 0 Å². The van der Waals surface area contributed by atoms with Gasteiger partial charge in [0.2, 0.25) is 0 Å². The number of amides is 1. The highest BCUT2D eigenvalue weighted by atomic mass is 35.5. The van der Waals surface area contributed by atoms with E-state index in [1.807, 2.05) is 42.5 Å². The molecule has 1 unspecified atom stereocenters. The number of carbonyl (C=O) groups excluding carboxylic acids is 1. The molecule has 1 fully saturated rings. The Kier molecular flexibility index (Phi) is 7.09. The summed E-state index contributed by atoms with van der Waals surface area (Å²) in [5.41, 5.74) is 2.32. The first kappa shape index (κ1) is 18.3. The van der Waals surface area contributed by atoms with E-state index >= 15 is 0 Å². The summed E-state index contributed by atoms with van der Waals surface area (Å²) in [6.45, 7) is 1.87. The Morgan fingerprint density at radius 1 is 1.12 bits per heavy atom. The van der Waals surface area contributed by atoms with Crippen LogP contribution in [0.5, 0.6) is 5.75 Å². The van der Waals surface area contributed by atoms with E-state index in [0.717, 1.165) is 37.2 Å². The fourth-order valence-corrected chi connectivity index (χ4v) is 2.80. The summed E-state index contributed by atoms with van der Waals surface area (Å²) in [6, 6.07) is 18.4. The van der Waals surface area contributed by atoms with Crippen LogP contribution in [-0.4, -0.2) is 31.6 Å². The fraction of sp³-hybridized carbons (Fsp3) is 0.316. The molecule has 1 amide bonds. The Bertz CT molecular complexity index is 643. The number of para-hydroxylation sites is 1. The number of halogens is 1. The molecule has 0 saturated carbocycles. The monoisotopic (exact) mass is 346 g/mol. The summed E-state index contributed by atoms with van der Waals surface area (Å²) >= 11 is 0. The molecule has 2 aromatic rings. The first-order valence-electron chi connectivity index (χ1n) is 8.06. The highest BCUT2D eigenvalue weighted by Gasteiger charge is 2.17. The number of benzene rings is 2. The minimum Gasteiger partial charge on any atom is -0.483 e. The number of carbonyl (C=O) groups is 1. The van der Waals surface area contributed by atoms with Crippen LogP contribution in [0, 0.1) is 0 Å². The van der Waals surface area contributed by atoms with Crippen LogP contribution in [0.3, 0.4) is 0 Å². The molecular weight excluding hydrogens is 324 g/mol. The van der Waals surface area contributed by atoms with Crippen LogP contribution >= 0.6 is 12.4 Å². The number of rotatable bonds is 6. The highest BCUT2D eigenvalue weighted by molar-refractivity contribution is 5.85. The Morgan fingerprint density at radius 2 is 1.88 bits per heavy atom. The van der Waals surface area contributed by atoms with E-state index in [1.54, 1.807) is 0 Å². The number of hydrogen-bond acceptors (Lipinski definition) is 3. The van der Waals surface area contributed by atoms with Gasteiger partial charge in [-0.05, 0) is 30.2 Å². The average Bonchev–Trinajstić information content (AvgIpc) is 3.08. The van der Waals surface area contributed by atoms with Gasteiger partial charge in [0.25, 0.3) is 5.91 Å². The molecule has 3 rings (SSSR count). The van der Waals surface area contributed by atoms with E-state index in [2.05, 4.69) is 22.8 Å². The first-order chi connectivity index (χ1) is 11.3. The molecule has 128 valence electrons. The van der Waals surface area contributed by atoms with Crippen LogP contribution in [0.2, 0.25) is 0 Å². The van der Waals surface area contributed by atoms with Gasteiger partial charge in [0.1, 0.15) is 5.75 Å². The molecule has 1 heterocycles. The third kappa shape index (κ3) is 5.25. The van der Waals surface area contributed by atoms with Crippen molar-refractivity contribution in [2.75, 3.05) is 19.7 Å². The Hall–Kier alpha value is -2.04. The molecule has 4 nitrogen and oxygen atoms in total. The summed E-state index contributed by atoms with van der Waals surface area (Å²) in [7, 11) is 0. The lowest BCUT2D eigenvalue weighted by Gasteiger charge is -2.14. The van der Waals surface area contributed by atoms with E-state index < -0.39 is 0 Å². The second-order valence-electron chi connectivity index (χ2n) is 5.82. The van der Waals surface area contributed by atoms with E-state index in [4.69, 9.17) is 4.74 Å². The average molecular weight is 347 g/mol. The molecule has 0 radical (unpaired) electrons. The van der Waals surface area contributed by atoms with E-state index in [1.165, 1.54) is 5.56 Å². The summed E-state index contributed by atoms with van der Waals surface area (Å²) < 4.78 is 5.75. The summed E-state index contributed by atoms with van der Waals surface area (Å²) in [5.74, 6) is 0.712. The zero-order chi connectivity index (χ0) is 15.9. The molecular formula is C19H23ClN2O2. The van der Waals surface area contributed by atoms with Crippen molar-refractivity contribution >= 4 is 18.3 Å². The predicted molar refractivity (Wildman–Crippen MR) is 97.9 cm³/mol. The lowest BCUT2D eigenvalue weighted by molar-refractivity contribution is -0.123. The molecule has 1 aliphatic rings. The van der Waals surface area contributed by atoms with Gasteiger partial charge in [-0.3, -0.25) is 4.79 Å². The van der Waals surface area contributed by atoms with Crippen molar-refractivity contribution < 1.29 is 9.53 Å². The number of hydrogen-bond donors (Lipinski definition) is 2. The predicted octanol–water partition coefficient (Wildman–Crippen LogP) is 2.56. The second kappa shape index (κ2) is 9.30. The van der Waals surface area contributed by atoms with Gasteiger partial charge >= 0.3 is 0 Å². The number of nitrogens with one attached hydrogen (secondary N) is 2. The maximum absolute atomic E-state index is 12.0. The van der Waals surface area contributed by atoms with Crippen molar-refractivity contribution in [3.63, 3.8) is 0 Å². The molecule has 5 heteroatoms. The van der Waals surface area contributed by atoms with Gasteiger partial charge in [0, 0.05) is 19.0 Å². The van der Waals surface area contributed by atoms with Crippen molar-refractivity contribution in [3.8, 4) is 5.75 Å². The normalized spacial score (nSPS) is 16.2. The molecule has 0 spiro atoms. The SMILES string of the molecule is Cl.O=C(COc1ccccc1Cc1ccccc1)NC1CCNC1. The Labute approximate surface area is 149 Å². The second-order valence-corrected chi connectivity index (χ2v) is 5.82. The maximum Gasteiger partial charge on any atom is 0.258 e. The third-order valence-corrected chi connectivity index (χ3v) is 3.99. The zero-order valence-electron chi connectivity index (χ0n) is 13.5. The molecule has 1 atom stereocenters. The van der Waals surface area contributed by atoms with Gasteiger partial charge in [0.05, 0.1) is 0 Å². The molecule has 2 aromatic carbocycles.